The zero-order chi connectivity index (χ0) is 24.6. The minimum atomic E-state index is -1.76. The summed E-state index contributed by atoms with van der Waals surface area (Å²) in [6.07, 6.45) is -21.4. The molecule has 33 heavy (non-hydrogen) atoms. The molecule has 0 aromatic carbocycles. The fourth-order valence-corrected chi connectivity index (χ4v) is 4.40. The lowest BCUT2D eigenvalue weighted by atomic mass is 9.81. The Bertz CT molecular complexity index is 623. The lowest BCUT2D eigenvalue weighted by Crippen LogP contribution is -2.65. The topological polar surface area (TPSA) is 239 Å². The molecular formula is C19H34O14. The Morgan fingerprint density at radius 2 is 1.24 bits per heavy atom. The van der Waals surface area contributed by atoms with E-state index < -0.39 is 105 Å². The minimum absolute atomic E-state index is 0.127. The maximum Gasteiger partial charge on any atom is 0.187 e. The van der Waals surface area contributed by atoms with Gasteiger partial charge >= 0.3 is 0 Å². The van der Waals surface area contributed by atoms with Gasteiger partial charge in [-0.3, -0.25) is 0 Å². The number of hydrogen-bond donors (Lipinski definition) is 10. The van der Waals surface area contributed by atoms with Crippen LogP contribution in [0.5, 0.6) is 0 Å². The van der Waals surface area contributed by atoms with Crippen molar-refractivity contribution in [2.75, 3.05) is 13.2 Å². The van der Waals surface area contributed by atoms with Crippen LogP contribution in [-0.2, 0) is 18.9 Å². The van der Waals surface area contributed by atoms with E-state index in [2.05, 4.69) is 0 Å². The molecule has 194 valence electrons. The van der Waals surface area contributed by atoms with Gasteiger partial charge in [0.25, 0.3) is 0 Å². The summed E-state index contributed by atoms with van der Waals surface area (Å²) < 4.78 is 22.1. The molecule has 14 heteroatoms. The van der Waals surface area contributed by atoms with Gasteiger partial charge in [0.1, 0.15) is 54.9 Å². The number of aliphatic hydroxyl groups excluding tert-OH is 10. The van der Waals surface area contributed by atoms with Gasteiger partial charge in [0.2, 0.25) is 0 Å². The van der Waals surface area contributed by atoms with E-state index in [1.54, 1.807) is 0 Å². The summed E-state index contributed by atoms with van der Waals surface area (Å²) in [5, 5.41) is 100. The molecule has 0 bridgehead atoms. The average Bonchev–Trinajstić information content (AvgIpc) is 2.80. The third-order valence-electron chi connectivity index (χ3n) is 6.54. The average molecular weight is 486 g/mol. The first-order chi connectivity index (χ1) is 15.5. The fourth-order valence-electron chi connectivity index (χ4n) is 4.40. The predicted molar refractivity (Wildman–Crippen MR) is 103 cm³/mol. The number of rotatable bonds is 6. The van der Waals surface area contributed by atoms with Crippen LogP contribution in [0.2, 0.25) is 0 Å². The van der Waals surface area contributed by atoms with Crippen molar-refractivity contribution in [3.63, 3.8) is 0 Å². The summed E-state index contributed by atoms with van der Waals surface area (Å²) in [6.45, 7) is 0.142. The number of ether oxygens (including phenoxy) is 4. The SMILES string of the molecule is CC1O[C@@H](OC2[C@H](O[C@@H]3C(CO)C[C@@H](O)C(O)[C@H]3O)OC(CO)[C@H](O)[C@@H]2O)C(O)[C@@H](O)[C@@H]1O. The van der Waals surface area contributed by atoms with Crippen molar-refractivity contribution in [3.05, 3.63) is 0 Å². The Labute approximate surface area is 189 Å². The maximum atomic E-state index is 10.6. The van der Waals surface area contributed by atoms with E-state index in [1.807, 2.05) is 0 Å². The molecule has 3 fully saturated rings. The summed E-state index contributed by atoms with van der Waals surface area (Å²) in [7, 11) is 0. The summed E-state index contributed by atoms with van der Waals surface area (Å²) in [4.78, 5) is 0. The number of hydrogen-bond acceptors (Lipinski definition) is 14. The zero-order valence-electron chi connectivity index (χ0n) is 17.9. The van der Waals surface area contributed by atoms with E-state index in [1.165, 1.54) is 6.92 Å². The molecule has 3 rings (SSSR count). The van der Waals surface area contributed by atoms with Gasteiger partial charge < -0.3 is 70.0 Å². The highest BCUT2D eigenvalue weighted by molar-refractivity contribution is 4.97. The molecule has 0 amide bonds. The van der Waals surface area contributed by atoms with Gasteiger partial charge in [-0.2, -0.15) is 0 Å². The molecule has 1 aliphatic carbocycles. The molecular weight excluding hydrogens is 452 g/mol. The quantitative estimate of drug-likeness (QED) is 0.168. The minimum Gasteiger partial charge on any atom is -0.396 e. The molecule has 10 N–H and O–H groups in total. The largest absolute Gasteiger partial charge is 0.396 e. The smallest absolute Gasteiger partial charge is 0.187 e. The van der Waals surface area contributed by atoms with Crippen molar-refractivity contribution in [1.82, 2.24) is 0 Å². The van der Waals surface area contributed by atoms with E-state index in [9.17, 15) is 51.1 Å². The third kappa shape index (κ3) is 5.34. The Morgan fingerprint density at radius 1 is 0.636 bits per heavy atom. The summed E-state index contributed by atoms with van der Waals surface area (Å²) in [6, 6.07) is 0. The van der Waals surface area contributed by atoms with Crippen LogP contribution in [0.3, 0.4) is 0 Å². The molecule has 15 atom stereocenters. The van der Waals surface area contributed by atoms with Crippen LogP contribution in [0.25, 0.3) is 0 Å². The molecule has 1 saturated carbocycles. The Hall–Kier alpha value is -0.560. The molecule has 3 aliphatic rings. The second-order valence-electron chi connectivity index (χ2n) is 8.82. The predicted octanol–water partition coefficient (Wildman–Crippen LogP) is -5.88. The molecule has 0 aromatic heterocycles. The van der Waals surface area contributed by atoms with Crippen LogP contribution in [0.4, 0.5) is 0 Å². The van der Waals surface area contributed by atoms with Crippen LogP contribution in [0, 0.1) is 5.92 Å². The Balaban J connectivity index is 1.83. The van der Waals surface area contributed by atoms with Crippen molar-refractivity contribution < 1.29 is 70.0 Å². The summed E-state index contributed by atoms with van der Waals surface area (Å²) >= 11 is 0. The standard InChI is InChI=1S/C19H34O14/c1-5-9(23)12(26)15(29)18(30-5)33-17-14(28)11(25)8(4-21)31-19(17)32-16-6(3-20)2-7(22)10(24)13(16)27/h5-29H,2-4H2,1H3/t5?,6?,7-,8?,9-,10?,11+,12+,13-,14+,15?,16-,17?,18+,19+/m1/s1. The highest BCUT2D eigenvalue weighted by Crippen LogP contribution is 2.34. The maximum absolute atomic E-state index is 10.6. The zero-order valence-corrected chi connectivity index (χ0v) is 17.9. The monoisotopic (exact) mass is 486 g/mol. The van der Waals surface area contributed by atoms with Gasteiger partial charge in [-0.25, -0.2) is 0 Å². The Morgan fingerprint density at radius 3 is 1.85 bits per heavy atom. The first kappa shape index (κ1) is 27.0. The first-order valence-corrected chi connectivity index (χ1v) is 10.8. The highest BCUT2D eigenvalue weighted by atomic mass is 16.8. The lowest BCUT2D eigenvalue weighted by molar-refractivity contribution is -0.376. The van der Waals surface area contributed by atoms with Crippen molar-refractivity contribution in [3.8, 4) is 0 Å². The van der Waals surface area contributed by atoms with Crippen LogP contribution < -0.4 is 0 Å². The van der Waals surface area contributed by atoms with Crippen LogP contribution in [0.1, 0.15) is 13.3 Å². The van der Waals surface area contributed by atoms with Gasteiger partial charge in [-0.1, -0.05) is 0 Å². The molecule has 2 heterocycles. The van der Waals surface area contributed by atoms with Crippen molar-refractivity contribution in [2.24, 2.45) is 5.92 Å². The van der Waals surface area contributed by atoms with Gasteiger partial charge in [-0.15, -0.1) is 0 Å². The molecule has 2 aliphatic heterocycles. The summed E-state index contributed by atoms with van der Waals surface area (Å²) in [5.74, 6) is -0.854. The van der Waals surface area contributed by atoms with Crippen LogP contribution >= 0.6 is 0 Å². The highest BCUT2D eigenvalue weighted by Gasteiger charge is 2.53. The normalized spacial score (nSPS) is 53.7. The Kier molecular flexibility index (Phi) is 9.02. The van der Waals surface area contributed by atoms with Gasteiger partial charge in [0.05, 0.1) is 24.9 Å². The molecule has 0 aromatic rings. The van der Waals surface area contributed by atoms with Gasteiger partial charge in [0, 0.05) is 12.5 Å². The molecule has 6 unspecified atom stereocenters. The van der Waals surface area contributed by atoms with Gasteiger partial charge in [-0.05, 0) is 13.3 Å². The third-order valence-corrected chi connectivity index (χ3v) is 6.54. The van der Waals surface area contributed by atoms with Gasteiger partial charge in [0.15, 0.2) is 12.6 Å². The van der Waals surface area contributed by atoms with E-state index in [4.69, 9.17) is 18.9 Å². The van der Waals surface area contributed by atoms with E-state index in [0.29, 0.717) is 0 Å². The van der Waals surface area contributed by atoms with E-state index >= 15 is 0 Å². The van der Waals surface area contributed by atoms with E-state index in [-0.39, 0.29) is 6.42 Å². The first-order valence-electron chi connectivity index (χ1n) is 10.8. The van der Waals surface area contributed by atoms with E-state index in [0.717, 1.165) is 0 Å². The van der Waals surface area contributed by atoms with Crippen LogP contribution in [-0.4, -0.2) is 150 Å². The second-order valence-corrected chi connectivity index (χ2v) is 8.82. The fraction of sp³-hybridized carbons (Fsp3) is 1.00. The summed E-state index contributed by atoms with van der Waals surface area (Å²) in [5.41, 5.74) is 0. The molecule has 14 nitrogen and oxygen atoms in total. The number of aliphatic hydroxyl groups is 10. The van der Waals surface area contributed by atoms with Crippen molar-refractivity contribution >= 4 is 0 Å². The molecule has 0 radical (unpaired) electrons. The van der Waals surface area contributed by atoms with Crippen LogP contribution in [0.15, 0.2) is 0 Å². The second kappa shape index (κ2) is 11.0. The van der Waals surface area contributed by atoms with Crippen molar-refractivity contribution in [1.29, 1.82) is 0 Å². The van der Waals surface area contributed by atoms with Crippen molar-refractivity contribution in [2.45, 2.75) is 99.2 Å². The molecule has 2 saturated heterocycles. The molecule has 0 spiro atoms. The lowest BCUT2D eigenvalue weighted by Gasteiger charge is -2.48.